The first-order valence-corrected chi connectivity index (χ1v) is 10.3. The lowest BCUT2D eigenvalue weighted by atomic mass is 10.2. The van der Waals surface area contributed by atoms with Crippen LogP contribution in [-0.2, 0) is 11.3 Å². The maximum absolute atomic E-state index is 12.4. The van der Waals surface area contributed by atoms with E-state index < -0.39 is 0 Å². The number of pyridine rings is 2. The SMILES string of the molecule is CCCn1c(SCC(=O)Nc2nc(C)c(Cl)cc2Cl)nnc1-c1ccncc1. The minimum atomic E-state index is -0.238. The fourth-order valence-electron chi connectivity index (χ4n) is 2.48. The Kier molecular flexibility index (Phi) is 6.88. The predicted octanol–water partition coefficient (Wildman–Crippen LogP) is 4.49. The Hall–Kier alpha value is -2.16. The third kappa shape index (κ3) is 4.81. The van der Waals surface area contributed by atoms with Gasteiger partial charge in [0.1, 0.15) is 0 Å². The van der Waals surface area contributed by atoms with Crippen molar-refractivity contribution in [3.63, 3.8) is 0 Å². The molecule has 3 rings (SSSR count). The Morgan fingerprint density at radius 2 is 1.96 bits per heavy atom. The lowest BCUT2D eigenvalue weighted by molar-refractivity contribution is -0.113. The average Bonchev–Trinajstić information content (AvgIpc) is 3.08. The number of halogens is 2. The molecular formula is C18H18Cl2N6OS. The summed E-state index contributed by atoms with van der Waals surface area (Å²) >= 11 is 13.4. The van der Waals surface area contributed by atoms with Gasteiger partial charge in [-0.25, -0.2) is 4.98 Å². The van der Waals surface area contributed by atoms with Crippen molar-refractivity contribution < 1.29 is 4.79 Å². The predicted molar refractivity (Wildman–Crippen MR) is 112 cm³/mol. The molecule has 7 nitrogen and oxygen atoms in total. The Bertz CT molecular complexity index is 980. The van der Waals surface area contributed by atoms with Crippen molar-refractivity contribution in [3.8, 4) is 11.4 Å². The first-order chi connectivity index (χ1) is 13.5. The Labute approximate surface area is 176 Å². The van der Waals surface area contributed by atoms with Crippen molar-refractivity contribution in [2.45, 2.75) is 32.0 Å². The lowest BCUT2D eigenvalue weighted by Gasteiger charge is -2.10. The summed E-state index contributed by atoms with van der Waals surface area (Å²) in [5.74, 6) is 0.960. The van der Waals surface area contributed by atoms with Gasteiger partial charge >= 0.3 is 0 Å². The highest BCUT2D eigenvalue weighted by atomic mass is 35.5. The van der Waals surface area contributed by atoms with Crippen LogP contribution in [0.4, 0.5) is 5.82 Å². The summed E-state index contributed by atoms with van der Waals surface area (Å²) in [6.45, 7) is 4.57. The molecule has 3 heterocycles. The Morgan fingerprint density at radius 1 is 1.21 bits per heavy atom. The number of carbonyl (C=O) groups excluding carboxylic acids is 1. The highest BCUT2D eigenvalue weighted by molar-refractivity contribution is 7.99. The first-order valence-electron chi connectivity index (χ1n) is 8.58. The molecule has 0 bridgehead atoms. The van der Waals surface area contributed by atoms with Crippen molar-refractivity contribution in [1.82, 2.24) is 24.7 Å². The fraction of sp³-hybridized carbons (Fsp3) is 0.278. The van der Waals surface area contributed by atoms with Crippen LogP contribution in [0.3, 0.4) is 0 Å². The normalized spacial score (nSPS) is 10.9. The van der Waals surface area contributed by atoms with Gasteiger partial charge in [0, 0.05) is 24.5 Å². The molecule has 0 radical (unpaired) electrons. The van der Waals surface area contributed by atoms with Crippen molar-refractivity contribution in [3.05, 3.63) is 46.3 Å². The molecule has 0 spiro atoms. The number of carbonyl (C=O) groups is 1. The topological polar surface area (TPSA) is 85.6 Å². The van der Waals surface area contributed by atoms with Crippen molar-refractivity contribution in [2.24, 2.45) is 0 Å². The summed E-state index contributed by atoms with van der Waals surface area (Å²) in [6.07, 6.45) is 4.34. The molecule has 146 valence electrons. The van der Waals surface area contributed by atoms with Gasteiger partial charge in [-0.2, -0.15) is 0 Å². The zero-order valence-corrected chi connectivity index (χ0v) is 17.6. The summed E-state index contributed by atoms with van der Waals surface area (Å²) in [5, 5.41) is 12.7. The van der Waals surface area contributed by atoms with Crippen LogP contribution in [0.5, 0.6) is 0 Å². The van der Waals surface area contributed by atoms with Crippen molar-refractivity contribution in [2.75, 3.05) is 11.1 Å². The number of nitrogens with zero attached hydrogens (tertiary/aromatic N) is 5. The number of aryl methyl sites for hydroxylation is 1. The molecule has 3 aromatic heterocycles. The van der Waals surface area contributed by atoms with Crippen LogP contribution >= 0.6 is 35.0 Å². The molecule has 0 saturated heterocycles. The standard InChI is InChI=1S/C18H18Cl2N6OS/c1-3-8-26-17(12-4-6-21-7-5-12)24-25-18(26)28-10-15(27)23-16-14(20)9-13(19)11(2)22-16/h4-7,9H,3,8,10H2,1-2H3,(H,22,23,27). The number of hydrogen-bond donors (Lipinski definition) is 1. The van der Waals surface area contributed by atoms with E-state index in [-0.39, 0.29) is 11.7 Å². The molecule has 0 aliphatic rings. The van der Waals surface area contributed by atoms with E-state index in [1.807, 2.05) is 16.7 Å². The lowest BCUT2D eigenvalue weighted by Crippen LogP contribution is -2.16. The van der Waals surface area contributed by atoms with Crippen LogP contribution in [0.15, 0.2) is 35.7 Å². The minimum absolute atomic E-state index is 0.151. The third-order valence-corrected chi connectivity index (χ3v) is 5.44. The van der Waals surface area contributed by atoms with Gasteiger partial charge in [-0.3, -0.25) is 9.78 Å². The minimum Gasteiger partial charge on any atom is -0.309 e. The molecule has 0 aliphatic carbocycles. The molecule has 1 N–H and O–H groups in total. The molecule has 0 saturated carbocycles. The number of rotatable bonds is 7. The van der Waals surface area contributed by atoms with Gasteiger partial charge in [0.05, 0.1) is 21.5 Å². The Balaban J connectivity index is 1.71. The highest BCUT2D eigenvalue weighted by Crippen LogP contribution is 2.27. The summed E-state index contributed by atoms with van der Waals surface area (Å²) in [5.41, 5.74) is 1.53. The van der Waals surface area contributed by atoms with Crippen molar-refractivity contribution in [1.29, 1.82) is 0 Å². The number of hydrogen-bond acceptors (Lipinski definition) is 6. The second kappa shape index (κ2) is 9.36. The zero-order chi connectivity index (χ0) is 20.1. The van der Waals surface area contributed by atoms with E-state index in [4.69, 9.17) is 23.2 Å². The zero-order valence-electron chi connectivity index (χ0n) is 15.3. The fourth-order valence-corrected chi connectivity index (χ4v) is 3.65. The number of amides is 1. The molecule has 28 heavy (non-hydrogen) atoms. The second-order valence-corrected chi connectivity index (χ2v) is 7.67. The van der Waals surface area contributed by atoms with Gasteiger partial charge in [0.2, 0.25) is 5.91 Å². The van der Waals surface area contributed by atoms with E-state index in [0.29, 0.717) is 26.7 Å². The molecule has 3 aromatic rings. The molecule has 0 atom stereocenters. The quantitative estimate of drug-likeness (QED) is 0.548. The molecule has 0 unspecified atom stereocenters. The van der Waals surface area contributed by atoms with Gasteiger partial charge in [-0.1, -0.05) is 41.9 Å². The van der Waals surface area contributed by atoms with Crippen molar-refractivity contribution >= 4 is 46.7 Å². The highest BCUT2D eigenvalue weighted by Gasteiger charge is 2.16. The van der Waals surface area contributed by atoms with Gasteiger partial charge in [-0.05, 0) is 31.5 Å². The largest absolute Gasteiger partial charge is 0.309 e. The van der Waals surface area contributed by atoms with Crippen LogP contribution in [0.25, 0.3) is 11.4 Å². The average molecular weight is 437 g/mol. The van der Waals surface area contributed by atoms with Gasteiger partial charge in [0.15, 0.2) is 16.8 Å². The van der Waals surface area contributed by atoms with Crippen LogP contribution in [-0.4, -0.2) is 36.4 Å². The van der Waals surface area contributed by atoms with E-state index in [1.54, 1.807) is 25.4 Å². The maximum Gasteiger partial charge on any atom is 0.236 e. The smallest absolute Gasteiger partial charge is 0.236 e. The summed E-state index contributed by atoms with van der Waals surface area (Å²) in [7, 11) is 0. The molecular weight excluding hydrogens is 419 g/mol. The van der Waals surface area contributed by atoms with Gasteiger partial charge in [0.25, 0.3) is 0 Å². The number of anilines is 1. The van der Waals surface area contributed by atoms with Gasteiger partial charge < -0.3 is 9.88 Å². The van der Waals surface area contributed by atoms with E-state index in [9.17, 15) is 4.79 Å². The van der Waals surface area contributed by atoms with Crippen LogP contribution < -0.4 is 5.32 Å². The summed E-state index contributed by atoms with van der Waals surface area (Å²) in [6, 6.07) is 5.33. The van der Waals surface area contributed by atoms with Crippen LogP contribution in [0.1, 0.15) is 19.0 Å². The third-order valence-electron chi connectivity index (χ3n) is 3.80. The molecule has 10 heteroatoms. The molecule has 0 aromatic carbocycles. The summed E-state index contributed by atoms with van der Waals surface area (Å²) < 4.78 is 2.00. The number of aromatic nitrogens is 5. The molecule has 0 fully saturated rings. The van der Waals surface area contributed by atoms with E-state index >= 15 is 0 Å². The molecule has 0 aliphatic heterocycles. The van der Waals surface area contributed by atoms with Crippen LogP contribution in [0.2, 0.25) is 10.0 Å². The monoisotopic (exact) mass is 436 g/mol. The van der Waals surface area contributed by atoms with E-state index in [2.05, 4.69) is 32.4 Å². The maximum atomic E-state index is 12.4. The number of nitrogens with one attached hydrogen (secondary N) is 1. The molecule has 1 amide bonds. The van der Waals surface area contributed by atoms with E-state index in [1.165, 1.54) is 11.8 Å². The first kappa shape index (κ1) is 20.6. The van der Waals surface area contributed by atoms with Crippen LogP contribution in [0, 0.1) is 6.92 Å². The second-order valence-electron chi connectivity index (χ2n) is 5.92. The van der Waals surface area contributed by atoms with E-state index in [0.717, 1.165) is 24.4 Å². The summed E-state index contributed by atoms with van der Waals surface area (Å²) in [4.78, 5) is 20.6. The Morgan fingerprint density at radius 3 is 2.68 bits per heavy atom. The number of thioether (sulfide) groups is 1. The van der Waals surface area contributed by atoms with Gasteiger partial charge in [-0.15, -0.1) is 10.2 Å².